The average Bonchev–Trinajstić information content (AvgIpc) is 3.02. The summed E-state index contributed by atoms with van der Waals surface area (Å²) >= 11 is 0. The zero-order valence-corrected chi connectivity index (χ0v) is 13.4. The smallest absolute Gasteiger partial charge is 0.226 e. The number of nitrogens with zero attached hydrogens (tertiary/aromatic N) is 2. The summed E-state index contributed by atoms with van der Waals surface area (Å²) in [6, 6.07) is 15.3. The number of phenolic OH excluding ortho intramolecular Hbond substituents is 1. The summed E-state index contributed by atoms with van der Waals surface area (Å²) in [5.41, 5.74) is 4.16. The van der Waals surface area contributed by atoms with Crippen molar-refractivity contribution in [2.45, 2.75) is 20.4 Å². The van der Waals surface area contributed by atoms with E-state index in [0.29, 0.717) is 12.4 Å². The number of rotatable bonds is 5. The molecule has 0 spiro atoms. The van der Waals surface area contributed by atoms with E-state index < -0.39 is 0 Å². The number of aryl methyl sites for hydroxylation is 1. The summed E-state index contributed by atoms with van der Waals surface area (Å²) in [6.45, 7) is 5.81. The monoisotopic (exact) mass is 308 g/mol. The van der Waals surface area contributed by atoms with Crippen LogP contribution in [-0.2, 0) is 6.54 Å². The van der Waals surface area contributed by atoms with E-state index in [4.69, 9.17) is 4.42 Å². The van der Waals surface area contributed by atoms with Gasteiger partial charge in [0.15, 0.2) is 0 Å². The number of anilines is 1. The maximum atomic E-state index is 9.35. The van der Waals surface area contributed by atoms with Crippen molar-refractivity contribution in [3.8, 4) is 17.2 Å². The maximum Gasteiger partial charge on any atom is 0.226 e. The molecular formula is C19H20N2O2. The highest BCUT2D eigenvalue weighted by Gasteiger charge is 2.11. The lowest BCUT2D eigenvalue weighted by atomic mass is 10.2. The molecule has 118 valence electrons. The summed E-state index contributed by atoms with van der Waals surface area (Å²) in [7, 11) is 0. The van der Waals surface area contributed by atoms with Gasteiger partial charge >= 0.3 is 0 Å². The number of oxazole rings is 1. The van der Waals surface area contributed by atoms with Crippen LogP contribution in [0.5, 0.6) is 5.75 Å². The van der Waals surface area contributed by atoms with Gasteiger partial charge in [0.1, 0.15) is 12.0 Å². The molecule has 0 unspecified atom stereocenters. The molecular weight excluding hydrogens is 288 g/mol. The van der Waals surface area contributed by atoms with Crippen LogP contribution in [-0.4, -0.2) is 16.6 Å². The highest BCUT2D eigenvalue weighted by atomic mass is 16.3. The Kier molecular flexibility index (Phi) is 4.33. The first-order valence-electron chi connectivity index (χ1n) is 7.71. The molecule has 4 nitrogen and oxygen atoms in total. The Bertz CT molecular complexity index is 778. The van der Waals surface area contributed by atoms with E-state index >= 15 is 0 Å². The van der Waals surface area contributed by atoms with Gasteiger partial charge < -0.3 is 14.4 Å². The summed E-state index contributed by atoms with van der Waals surface area (Å²) in [4.78, 5) is 6.81. The summed E-state index contributed by atoms with van der Waals surface area (Å²) < 4.78 is 5.58. The van der Waals surface area contributed by atoms with Gasteiger partial charge in [-0.2, -0.15) is 0 Å². The molecule has 0 radical (unpaired) electrons. The van der Waals surface area contributed by atoms with E-state index in [1.54, 1.807) is 30.5 Å². The molecule has 1 N–H and O–H groups in total. The van der Waals surface area contributed by atoms with Gasteiger partial charge in [-0.05, 0) is 55.8 Å². The van der Waals surface area contributed by atoms with Gasteiger partial charge in [0.2, 0.25) is 5.89 Å². The summed E-state index contributed by atoms with van der Waals surface area (Å²) in [6.07, 6.45) is 1.70. The lowest BCUT2D eigenvalue weighted by Crippen LogP contribution is -2.22. The highest BCUT2D eigenvalue weighted by molar-refractivity contribution is 5.55. The minimum Gasteiger partial charge on any atom is -0.508 e. The van der Waals surface area contributed by atoms with Crippen LogP contribution in [0.25, 0.3) is 11.5 Å². The molecule has 0 aliphatic heterocycles. The van der Waals surface area contributed by atoms with Crippen LogP contribution in [0.3, 0.4) is 0 Å². The predicted molar refractivity (Wildman–Crippen MR) is 91.5 cm³/mol. The summed E-state index contributed by atoms with van der Waals surface area (Å²) in [5, 5.41) is 9.35. The highest BCUT2D eigenvalue weighted by Crippen LogP contribution is 2.23. The molecule has 3 aromatic rings. The minimum absolute atomic E-state index is 0.233. The van der Waals surface area contributed by atoms with E-state index in [0.717, 1.165) is 17.8 Å². The lowest BCUT2D eigenvalue weighted by Gasteiger charge is -2.22. The standard InChI is InChI=1S/C19H20N2O2/c1-3-21(17-6-4-5-14(2)11-17)12-16-13-23-19(20-16)15-7-9-18(22)10-8-15/h4-11,13,22H,3,12H2,1-2H3. The first-order chi connectivity index (χ1) is 11.2. The fourth-order valence-corrected chi connectivity index (χ4v) is 2.52. The fraction of sp³-hybridized carbons (Fsp3) is 0.211. The van der Waals surface area contributed by atoms with Gasteiger partial charge in [0, 0.05) is 17.8 Å². The zero-order valence-electron chi connectivity index (χ0n) is 13.4. The Morgan fingerprint density at radius 1 is 1.13 bits per heavy atom. The molecule has 0 atom stereocenters. The number of phenols is 1. The van der Waals surface area contributed by atoms with Crippen molar-refractivity contribution < 1.29 is 9.52 Å². The van der Waals surface area contributed by atoms with Crippen LogP contribution >= 0.6 is 0 Å². The van der Waals surface area contributed by atoms with Crippen LogP contribution in [0.2, 0.25) is 0 Å². The van der Waals surface area contributed by atoms with Crippen molar-refractivity contribution in [2.75, 3.05) is 11.4 Å². The second kappa shape index (κ2) is 6.57. The van der Waals surface area contributed by atoms with Gasteiger partial charge in [0.25, 0.3) is 0 Å². The van der Waals surface area contributed by atoms with Crippen molar-refractivity contribution in [1.29, 1.82) is 0 Å². The van der Waals surface area contributed by atoms with Gasteiger partial charge in [-0.25, -0.2) is 4.98 Å². The molecule has 1 heterocycles. The van der Waals surface area contributed by atoms with E-state index in [-0.39, 0.29) is 5.75 Å². The first-order valence-corrected chi connectivity index (χ1v) is 7.71. The molecule has 23 heavy (non-hydrogen) atoms. The number of benzene rings is 2. The molecule has 0 saturated heterocycles. The van der Waals surface area contributed by atoms with E-state index in [1.807, 2.05) is 0 Å². The van der Waals surface area contributed by atoms with Crippen LogP contribution in [0.1, 0.15) is 18.2 Å². The second-order valence-electron chi connectivity index (χ2n) is 5.54. The van der Waals surface area contributed by atoms with Gasteiger partial charge in [0.05, 0.1) is 12.2 Å². The maximum absolute atomic E-state index is 9.35. The van der Waals surface area contributed by atoms with Crippen molar-refractivity contribution in [1.82, 2.24) is 4.98 Å². The predicted octanol–water partition coefficient (Wildman–Crippen LogP) is 4.38. The van der Waals surface area contributed by atoms with Crippen LogP contribution in [0, 0.1) is 6.92 Å². The third-order valence-corrected chi connectivity index (χ3v) is 3.77. The molecule has 3 rings (SSSR count). The molecule has 0 aliphatic rings. The molecule has 2 aromatic carbocycles. The van der Waals surface area contributed by atoms with Crippen molar-refractivity contribution in [3.63, 3.8) is 0 Å². The van der Waals surface area contributed by atoms with E-state index in [1.165, 1.54) is 11.3 Å². The van der Waals surface area contributed by atoms with Crippen molar-refractivity contribution in [2.24, 2.45) is 0 Å². The largest absolute Gasteiger partial charge is 0.508 e. The minimum atomic E-state index is 0.233. The van der Waals surface area contributed by atoms with Crippen LogP contribution in [0.4, 0.5) is 5.69 Å². The molecule has 0 saturated carbocycles. The Balaban J connectivity index is 1.78. The molecule has 4 heteroatoms. The summed E-state index contributed by atoms with van der Waals surface area (Å²) in [5.74, 6) is 0.803. The van der Waals surface area contributed by atoms with Crippen molar-refractivity contribution >= 4 is 5.69 Å². The fourth-order valence-electron chi connectivity index (χ4n) is 2.52. The first kappa shape index (κ1) is 15.2. The number of aromatic nitrogens is 1. The Hall–Kier alpha value is -2.75. The van der Waals surface area contributed by atoms with Crippen LogP contribution in [0.15, 0.2) is 59.2 Å². The Morgan fingerprint density at radius 2 is 1.91 bits per heavy atom. The van der Waals surface area contributed by atoms with E-state index in [2.05, 4.69) is 48.0 Å². The van der Waals surface area contributed by atoms with Crippen LogP contribution < -0.4 is 4.90 Å². The molecule has 0 bridgehead atoms. The Morgan fingerprint density at radius 3 is 2.61 bits per heavy atom. The second-order valence-corrected chi connectivity index (χ2v) is 5.54. The van der Waals surface area contributed by atoms with Gasteiger partial charge in [-0.1, -0.05) is 12.1 Å². The Labute approximate surface area is 136 Å². The normalized spacial score (nSPS) is 10.7. The van der Waals surface area contributed by atoms with E-state index in [9.17, 15) is 5.11 Å². The average molecular weight is 308 g/mol. The van der Waals surface area contributed by atoms with Gasteiger partial charge in [-0.3, -0.25) is 0 Å². The molecule has 0 fully saturated rings. The number of aromatic hydroxyl groups is 1. The topological polar surface area (TPSA) is 49.5 Å². The molecule has 0 amide bonds. The quantitative estimate of drug-likeness (QED) is 0.760. The number of hydrogen-bond donors (Lipinski definition) is 1. The molecule has 0 aliphatic carbocycles. The third-order valence-electron chi connectivity index (χ3n) is 3.77. The van der Waals surface area contributed by atoms with Crippen molar-refractivity contribution in [3.05, 3.63) is 66.1 Å². The number of hydrogen-bond acceptors (Lipinski definition) is 4. The zero-order chi connectivity index (χ0) is 16.2. The SMILES string of the molecule is CCN(Cc1coc(-c2ccc(O)cc2)n1)c1cccc(C)c1. The lowest BCUT2D eigenvalue weighted by molar-refractivity contribution is 0.475. The third kappa shape index (κ3) is 3.54. The molecule has 1 aromatic heterocycles. The van der Waals surface area contributed by atoms with Gasteiger partial charge in [-0.15, -0.1) is 0 Å².